The van der Waals surface area contributed by atoms with Gasteiger partial charge in [0.05, 0.1) is 23.2 Å². The molecular weight excluding hydrogens is 254 g/mol. The molecule has 0 amide bonds. The van der Waals surface area contributed by atoms with Crippen LogP contribution in [0.3, 0.4) is 0 Å². The van der Waals surface area contributed by atoms with Gasteiger partial charge in [0.1, 0.15) is 0 Å². The molecule has 5 heteroatoms. The molecule has 13 heavy (non-hydrogen) atoms. The van der Waals surface area contributed by atoms with Crippen LogP contribution in [0.2, 0.25) is 0 Å². The third-order valence-corrected chi connectivity index (χ3v) is 3.12. The summed E-state index contributed by atoms with van der Waals surface area (Å²) in [7, 11) is 0. The first-order valence-corrected chi connectivity index (χ1v) is 5.61. The Morgan fingerprint density at radius 3 is 3.08 bits per heavy atom. The van der Waals surface area contributed by atoms with E-state index in [0.29, 0.717) is 19.4 Å². The molecule has 0 aliphatic heterocycles. The third-order valence-electron chi connectivity index (χ3n) is 1.47. The first-order valence-electron chi connectivity index (χ1n) is 3.98. The molecule has 0 saturated carbocycles. The fourth-order valence-electron chi connectivity index (χ4n) is 0.867. The second kappa shape index (κ2) is 5.34. The highest BCUT2D eigenvalue weighted by molar-refractivity contribution is 9.10. The van der Waals surface area contributed by atoms with Gasteiger partial charge in [0, 0.05) is 11.8 Å². The predicted octanol–water partition coefficient (Wildman–Crippen LogP) is 2.40. The van der Waals surface area contributed by atoms with Gasteiger partial charge in [-0.1, -0.05) is 0 Å². The van der Waals surface area contributed by atoms with Gasteiger partial charge in [-0.2, -0.15) is 4.37 Å². The summed E-state index contributed by atoms with van der Waals surface area (Å²) in [5, 5.41) is 1.90. The van der Waals surface area contributed by atoms with Crippen LogP contribution in [-0.4, -0.2) is 16.9 Å². The van der Waals surface area contributed by atoms with E-state index in [2.05, 4.69) is 20.3 Å². The van der Waals surface area contributed by atoms with Crippen molar-refractivity contribution in [3.63, 3.8) is 0 Å². The van der Waals surface area contributed by atoms with E-state index in [1.165, 1.54) is 11.5 Å². The smallest absolute Gasteiger partial charge is 0.306 e. The lowest BCUT2D eigenvalue weighted by Crippen LogP contribution is -2.05. The van der Waals surface area contributed by atoms with Crippen LogP contribution in [0.25, 0.3) is 0 Å². The maximum Gasteiger partial charge on any atom is 0.306 e. The number of rotatable bonds is 4. The van der Waals surface area contributed by atoms with Crippen molar-refractivity contribution in [2.24, 2.45) is 0 Å². The van der Waals surface area contributed by atoms with Crippen molar-refractivity contribution in [1.82, 2.24) is 4.37 Å². The van der Waals surface area contributed by atoms with Crippen molar-refractivity contribution in [2.75, 3.05) is 6.61 Å². The average molecular weight is 264 g/mol. The normalized spacial score (nSPS) is 10.0. The second-order valence-electron chi connectivity index (χ2n) is 2.41. The van der Waals surface area contributed by atoms with Crippen molar-refractivity contribution >= 4 is 33.4 Å². The summed E-state index contributed by atoms with van der Waals surface area (Å²) >= 11 is 4.73. The summed E-state index contributed by atoms with van der Waals surface area (Å²) in [5.74, 6) is -0.164. The number of aromatic nitrogens is 1. The standard InChI is InChI=1S/C8H10BrNO2S/c1-2-12-8(11)4-3-7-6(9)5-13-10-7/h5H,2-4H2,1H3. The minimum Gasteiger partial charge on any atom is -0.466 e. The largest absolute Gasteiger partial charge is 0.466 e. The summed E-state index contributed by atoms with van der Waals surface area (Å²) in [6, 6.07) is 0. The highest BCUT2D eigenvalue weighted by Crippen LogP contribution is 2.18. The summed E-state index contributed by atoms with van der Waals surface area (Å²) in [5.41, 5.74) is 0.929. The molecule has 0 bridgehead atoms. The number of hydrogen-bond acceptors (Lipinski definition) is 4. The van der Waals surface area contributed by atoms with Gasteiger partial charge in [-0.15, -0.1) is 0 Å². The van der Waals surface area contributed by atoms with Gasteiger partial charge < -0.3 is 4.74 Å². The Morgan fingerprint density at radius 1 is 1.77 bits per heavy atom. The van der Waals surface area contributed by atoms with Crippen molar-refractivity contribution in [2.45, 2.75) is 19.8 Å². The van der Waals surface area contributed by atoms with Crippen molar-refractivity contribution in [3.8, 4) is 0 Å². The molecule has 0 radical (unpaired) electrons. The Hall–Kier alpha value is -0.420. The molecule has 1 heterocycles. The van der Waals surface area contributed by atoms with Crippen LogP contribution in [0.1, 0.15) is 19.0 Å². The molecule has 72 valence electrons. The SMILES string of the molecule is CCOC(=O)CCc1nscc1Br. The van der Waals surface area contributed by atoms with Crippen LogP contribution in [0.5, 0.6) is 0 Å². The van der Waals surface area contributed by atoms with E-state index >= 15 is 0 Å². The number of carbonyl (C=O) groups excluding carboxylic acids is 1. The Labute approximate surface area is 89.4 Å². The molecule has 1 aromatic heterocycles. The molecule has 1 rings (SSSR count). The average Bonchev–Trinajstić information content (AvgIpc) is 2.48. The van der Waals surface area contributed by atoms with E-state index in [1.54, 1.807) is 6.92 Å². The van der Waals surface area contributed by atoms with Gasteiger partial charge in [0.2, 0.25) is 0 Å². The Balaban J connectivity index is 2.35. The number of carbonyl (C=O) groups is 1. The number of ether oxygens (including phenoxy) is 1. The Morgan fingerprint density at radius 2 is 2.54 bits per heavy atom. The molecule has 1 aromatic rings. The van der Waals surface area contributed by atoms with Gasteiger partial charge in [-0.3, -0.25) is 4.79 Å². The van der Waals surface area contributed by atoms with Crippen LogP contribution < -0.4 is 0 Å². The molecule has 0 unspecified atom stereocenters. The lowest BCUT2D eigenvalue weighted by Gasteiger charge is -1.99. The highest BCUT2D eigenvalue weighted by atomic mass is 79.9. The molecule has 0 fully saturated rings. The van der Waals surface area contributed by atoms with Crippen LogP contribution in [0.15, 0.2) is 9.85 Å². The zero-order valence-corrected chi connectivity index (χ0v) is 9.65. The highest BCUT2D eigenvalue weighted by Gasteiger charge is 2.07. The van der Waals surface area contributed by atoms with Gasteiger partial charge in [-0.25, -0.2) is 0 Å². The van der Waals surface area contributed by atoms with Crippen molar-refractivity contribution in [3.05, 3.63) is 15.5 Å². The van der Waals surface area contributed by atoms with Crippen molar-refractivity contribution < 1.29 is 9.53 Å². The molecule has 0 aliphatic rings. The lowest BCUT2D eigenvalue weighted by molar-refractivity contribution is -0.143. The molecule has 0 aromatic carbocycles. The van der Waals surface area contributed by atoms with Crippen LogP contribution in [0.4, 0.5) is 0 Å². The van der Waals surface area contributed by atoms with Gasteiger partial charge in [-0.05, 0) is 34.4 Å². The minimum atomic E-state index is -0.164. The van der Waals surface area contributed by atoms with Crippen LogP contribution >= 0.6 is 27.5 Å². The van der Waals surface area contributed by atoms with E-state index in [4.69, 9.17) is 4.74 Å². The predicted molar refractivity (Wildman–Crippen MR) is 54.8 cm³/mol. The third kappa shape index (κ3) is 3.44. The fourth-order valence-corrected chi connectivity index (χ4v) is 2.12. The summed E-state index contributed by atoms with van der Waals surface area (Å²) in [6.07, 6.45) is 1.04. The Kier molecular flexibility index (Phi) is 4.38. The van der Waals surface area contributed by atoms with Gasteiger partial charge >= 0.3 is 5.97 Å². The van der Waals surface area contributed by atoms with E-state index < -0.39 is 0 Å². The van der Waals surface area contributed by atoms with Crippen molar-refractivity contribution in [1.29, 1.82) is 0 Å². The molecule has 0 atom stereocenters. The van der Waals surface area contributed by atoms with E-state index in [9.17, 15) is 4.79 Å². The summed E-state index contributed by atoms with van der Waals surface area (Å²) in [4.78, 5) is 11.0. The minimum absolute atomic E-state index is 0.164. The zero-order valence-electron chi connectivity index (χ0n) is 7.25. The molecule has 3 nitrogen and oxygen atoms in total. The number of nitrogens with zero attached hydrogens (tertiary/aromatic N) is 1. The van der Waals surface area contributed by atoms with E-state index in [1.807, 2.05) is 5.38 Å². The molecule has 0 aliphatic carbocycles. The van der Waals surface area contributed by atoms with Gasteiger partial charge in [0.25, 0.3) is 0 Å². The molecule has 0 spiro atoms. The monoisotopic (exact) mass is 263 g/mol. The maximum absolute atomic E-state index is 11.0. The number of halogens is 1. The quantitative estimate of drug-likeness (QED) is 0.784. The molecular formula is C8H10BrNO2S. The summed E-state index contributed by atoms with van der Waals surface area (Å²) in [6.45, 7) is 2.24. The van der Waals surface area contributed by atoms with Crippen LogP contribution in [-0.2, 0) is 16.0 Å². The van der Waals surface area contributed by atoms with Gasteiger partial charge in [0.15, 0.2) is 0 Å². The molecule has 0 N–H and O–H groups in total. The fraction of sp³-hybridized carbons (Fsp3) is 0.500. The summed E-state index contributed by atoms with van der Waals surface area (Å²) < 4.78 is 9.91. The zero-order chi connectivity index (χ0) is 9.68. The second-order valence-corrected chi connectivity index (χ2v) is 3.90. The lowest BCUT2D eigenvalue weighted by atomic mass is 10.2. The first kappa shape index (κ1) is 10.7. The first-order chi connectivity index (χ1) is 6.24. The molecule has 0 saturated heterocycles. The topological polar surface area (TPSA) is 39.2 Å². The number of aryl methyl sites for hydroxylation is 1. The van der Waals surface area contributed by atoms with E-state index in [-0.39, 0.29) is 5.97 Å². The Bertz CT molecular complexity index is 287. The van der Waals surface area contributed by atoms with E-state index in [0.717, 1.165) is 10.2 Å². The number of hydrogen-bond donors (Lipinski definition) is 0. The van der Waals surface area contributed by atoms with Crippen LogP contribution in [0, 0.1) is 0 Å². The number of esters is 1. The maximum atomic E-state index is 11.0.